The summed E-state index contributed by atoms with van der Waals surface area (Å²) in [6, 6.07) is 5.42. The van der Waals surface area contributed by atoms with Gasteiger partial charge in [-0.1, -0.05) is 19.9 Å². The van der Waals surface area contributed by atoms with Gasteiger partial charge in [0, 0.05) is 23.5 Å². The third kappa shape index (κ3) is 3.89. The number of hydrogen-bond donors (Lipinski definition) is 1. The van der Waals surface area contributed by atoms with Crippen LogP contribution in [0.4, 0.5) is 0 Å². The van der Waals surface area contributed by atoms with Crippen LogP contribution < -0.4 is 5.32 Å². The van der Waals surface area contributed by atoms with Gasteiger partial charge >= 0.3 is 0 Å². The molecule has 0 amide bonds. The molecule has 0 saturated heterocycles. The summed E-state index contributed by atoms with van der Waals surface area (Å²) in [5, 5.41) is 5.83. The van der Waals surface area contributed by atoms with E-state index in [1.165, 1.54) is 4.88 Å². The number of nitrogens with zero attached hydrogens (tertiary/aromatic N) is 1. The molecule has 0 aliphatic rings. The lowest BCUT2D eigenvalue weighted by molar-refractivity contribution is 0.282. The van der Waals surface area contributed by atoms with Crippen molar-refractivity contribution in [3.05, 3.63) is 22.4 Å². The number of thiophene rings is 1. The van der Waals surface area contributed by atoms with Crippen molar-refractivity contribution in [3.8, 4) is 0 Å². The predicted molar refractivity (Wildman–Crippen MR) is 73.0 cm³/mol. The summed E-state index contributed by atoms with van der Waals surface area (Å²) in [5.74, 6) is 0.632. The lowest BCUT2D eigenvalue weighted by Gasteiger charge is -2.26. The molecule has 0 aromatic carbocycles. The molecule has 0 bridgehead atoms. The SMILES string of the molecule is CC(C)C(NCC(C)N(C)C)c1cccs1. The summed E-state index contributed by atoms with van der Waals surface area (Å²) in [5.41, 5.74) is 0. The average molecular weight is 240 g/mol. The molecular weight excluding hydrogens is 216 g/mol. The second-order valence-corrected chi connectivity index (χ2v) is 5.94. The average Bonchev–Trinajstić information content (AvgIpc) is 2.70. The van der Waals surface area contributed by atoms with Crippen molar-refractivity contribution >= 4 is 11.3 Å². The summed E-state index contributed by atoms with van der Waals surface area (Å²) < 4.78 is 0. The van der Waals surface area contributed by atoms with Crippen LogP contribution in [-0.4, -0.2) is 31.6 Å². The quantitative estimate of drug-likeness (QED) is 0.822. The van der Waals surface area contributed by atoms with Gasteiger partial charge in [0.15, 0.2) is 0 Å². The van der Waals surface area contributed by atoms with E-state index in [1.54, 1.807) is 0 Å². The van der Waals surface area contributed by atoms with Crippen molar-refractivity contribution in [2.24, 2.45) is 5.92 Å². The van der Waals surface area contributed by atoms with Gasteiger partial charge in [0.1, 0.15) is 0 Å². The van der Waals surface area contributed by atoms with Crippen LogP contribution in [0.25, 0.3) is 0 Å². The second-order valence-electron chi connectivity index (χ2n) is 4.96. The van der Waals surface area contributed by atoms with Gasteiger partial charge in [0.05, 0.1) is 0 Å². The number of rotatable bonds is 6. The van der Waals surface area contributed by atoms with E-state index < -0.39 is 0 Å². The molecule has 2 unspecified atom stereocenters. The second kappa shape index (κ2) is 6.38. The summed E-state index contributed by atoms with van der Waals surface area (Å²) >= 11 is 1.84. The Morgan fingerprint density at radius 3 is 2.44 bits per heavy atom. The number of nitrogens with one attached hydrogen (secondary N) is 1. The van der Waals surface area contributed by atoms with E-state index >= 15 is 0 Å². The van der Waals surface area contributed by atoms with Crippen LogP contribution in [0.3, 0.4) is 0 Å². The zero-order valence-electron chi connectivity index (χ0n) is 11.0. The zero-order chi connectivity index (χ0) is 12.1. The van der Waals surface area contributed by atoms with Crippen LogP contribution in [0, 0.1) is 5.92 Å². The third-order valence-corrected chi connectivity index (χ3v) is 3.99. The van der Waals surface area contributed by atoms with Gasteiger partial charge in [-0.3, -0.25) is 0 Å². The predicted octanol–water partition coefficient (Wildman–Crippen LogP) is 2.98. The highest BCUT2D eigenvalue weighted by atomic mass is 32.1. The van der Waals surface area contributed by atoms with Gasteiger partial charge in [-0.15, -0.1) is 11.3 Å². The van der Waals surface area contributed by atoms with E-state index in [0.717, 1.165) is 6.54 Å². The van der Waals surface area contributed by atoms with Crippen LogP contribution in [0.2, 0.25) is 0 Å². The standard InChI is InChI=1S/C13H24N2S/c1-10(2)13(12-7-6-8-16-12)14-9-11(3)15(4)5/h6-8,10-11,13-14H,9H2,1-5H3. The number of likely N-dealkylation sites (N-methyl/N-ethyl adjacent to an activating group) is 1. The van der Waals surface area contributed by atoms with Crippen LogP contribution in [0.15, 0.2) is 17.5 Å². The van der Waals surface area contributed by atoms with Crippen molar-refractivity contribution in [1.82, 2.24) is 10.2 Å². The highest BCUT2D eigenvalue weighted by molar-refractivity contribution is 7.10. The van der Waals surface area contributed by atoms with Crippen molar-refractivity contribution < 1.29 is 0 Å². The maximum atomic E-state index is 3.67. The summed E-state index contributed by atoms with van der Waals surface area (Å²) in [6.07, 6.45) is 0. The lowest BCUT2D eigenvalue weighted by Crippen LogP contribution is -2.38. The Bertz CT molecular complexity index is 280. The summed E-state index contributed by atoms with van der Waals surface area (Å²) in [7, 11) is 4.25. The first-order valence-corrected chi connectivity index (χ1v) is 6.83. The van der Waals surface area contributed by atoms with E-state index in [9.17, 15) is 0 Å². The topological polar surface area (TPSA) is 15.3 Å². The molecule has 1 N–H and O–H groups in total. The minimum absolute atomic E-state index is 0.488. The zero-order valence-corrected chi connectivity index (χ0v) is 11.8. The minimum atomic E-state index is 0.488. The van der Waals surface area contributed by atoms with E-state index in [-0.39, 0.29) is 0 Å². The maximum Gasteiger partial charge on any atom is 0.0438 e. The number of hydrogen-bond acceptors (Lipinski definition) is 3. The van der Waals surface area contributed by atoms with Crippen LogP contribution >= 0.6 is 11.3 Å². The third-order valence-electron chi connectivity index (χ3n) is 3.03. The van der Waals surface area contributed by atoms with Crippen LogP contribution in [-0.2, 0) is 0 Å². The lowest BCUT2D eigenvalue weighted by atomic mass is 10.0. The maximum absolute atomic E-state index is 3.67. The molecule has 16 heavy (non-hydrogen) atoms. The molecule has 92 valence electrons. The molecular formula is C13H24N2S. The Morgan fingerprint density at radius 1 is 1.31 bits per heavy atom. The largest absolute Gasteiger partial charge is 0.307 e. The minimum Gasteiger partial charge on any atom is -0.307 e. The fourth-order valence-corrected chi connectivity index (χ4v) is 2.59. The summed E-state index contributed by atoms with van der Waals surface area (Å²) in [6.45, 7) is 7.84. The van der Waals surface area contributed by atoms with E-state index in [4.69, 9.17) is 0 Å². The molecule has 0 spiro atoms. The van der Waals surface area contributed by atoms with Gasteiger partial charge < -0.3 is 10.2 Å². The monoisotopic (exact) mass is 240 g/mol. The molecule has 2 atom stereocenters. The van der Waals surface area contributed by atoms with Gasteiger partial charge in [-0.25, -0.2) is 0 Å². The van der Waals surface area contributed by atoms with E-state index in [1.807, 2.05) is 11.3 Å². The molecule has 1 aromatic rings. The first-order valence-electron chi connectivity index (χ1n) is 5.95. The van der Waals surface area contributed by atoms with Crippen LogP contribution in [0.1, 0.15) is 31.7 Å². The molecule has 0 aliphatic heterocycles. The van der Waals surface area contributed by atoms with Gasteiger partial charge in [-0.2, -0.15) is 0 Å². The van der Waals surface area contributed by atoms with Crippen molar-refractivity contribution in [1.29, 1.82) is 0 Å². The van der Waals surface area contributed by atoms with E-state index in [2.05, 4.69) is 62.6 Å². The van der Waals surface area contributed by atoms with Crippen molar-refractivity contribution in [3.63, 3.8) is 0 Å². The first kappa shape index (κ1) is 13.7. The van der Waals surface area contributed by atoms with Crippen molar-refractivity contribution in [2.45, 2.75) is 32.9 Å². The molecule has 2 nitrogen and oxygen atoms in total. The Hall–Kier alpha value is -0.380. The van der Waals surface area contributed by atoms with Gasteiger partial charge in [0.2, 0.25) is 0 Å². The first-order chi connectivity index (χ1) is 7.52. The smallest absolute Gasteiger partial charge is 0.0438 e. The Kier molecular flexibility index (Phi) is 5.46. The van der Waals surface area contributed by atoms with Gasteiger partial charge in [0.25, 0.3) is 0 Å². The highest BCUT2D eigenvalue weighted by Gasteiger charge is 2.17. The normalized spacial score (nSPS) is 15.7. The van der Waals surface area contributed by atoms with Crippen molar-refractivity contribution in [2.75, 3.05) is 20.6 Å². The Balaban J connectivity index is 2.53. The molecule has 0 radical (unpaired) electrons. The van der Waals surface area contributed by atoms with Gasteiger partial charge in [-0.05, 0) is 38.4 Å². The Morgan fingerprint density at radius 2 is 2.00 bits per heavy atom. The summed E-state index contributed by atoms with van der Waals surface area (Å²) in [4.78, 5) is 3.69. The molecule has 0 saturated carbocycles. The molecule has 0 aliphatic carbocycles. The highest BCUT2D eigenvalue weighted by Crippen LogP contribution is 2.25. The molecule has 1 aromatic heterocycles. The fourth-order valence-electron chi connectivity index (χ4n) is 1.61. The molecule has 0 fully saturated rings. The molecule has 1 heterocycles. The molecule has 1 rings (SSSR count). The van der Waals surface area contributed by atoms with E-state index in [0.29, 0.717) is 18.0 Å². The Labute approximate surface area is 104 Å². The van der Waals surface area contributed by atoms with Crippen LogP contribution in [0.5, 0.6) is 0 Å². The molecule has 3 heteroatoms. The fraction of sp³-hybridized carbons (Fsp3) is 0.692.